The van der Waals surface area contributed by atoms with Crippen molar-refractivity contribution in [3.05, 3.63) is 80.7 Å². The lowest BCUT2D eigenvalue weighted by Crippen LogP contribution is -2.22. The molecule has 0 radical (unpaired) electrons. The average molecular weight is 471 g/mol. The molecule has 0 N–H and O–H groups in total. The van der Waals surface area contributed by atoms with Gasteiger partial charge in [-0.05, 0) is 50.1 Å². The highest BCUT2D eigenvalue weighted by Gasteiger charge is 2.17. The number of para-hydroxylation sites is 1. The van der Waals surface area contributed by atoms with Crippen molar-refractivity contribution in [1.29, 1.82) is 0 Å². The Morgan fingerprint density at radius 1 is 1.21 bits per heavy atom. The van der Waals surface area contributed by atoms with Gasteiger partial charge in [0.25, 0.3) is 0 Å². The minimum atomic E-state index is -0.301. The Kier molecular flexibility index (Phi) is 7.60. The first-order chi connectivity index (χ1) is 15.7. The molecule has 1 aromatic heterocycles. The number of benzene rings is 2. The summed E-state index contributed by atoms with van der Waals surface area (Å²) in [6, 6.07) is 11.7. The number of hydrogen-bond acceptors (Lipinski definition) is 6. The number of rotatable bonds is 9. The van der Waals surface area contributed by atoms with E-state index < -0.39 is 0 Å². The molecule has 1 heterocycles. The van der Waals surface area contributed by atoms with E-state index in [0.717, 1.165) is 33.7 Å². The lowest BCUT2D eigenvalue weighted by Gasteiger charge is -2.15. The normalized spacial score (nSPS) is 11.4. The van der Waals surface area contributed by atoms with Crippen LogP contribution in [-0.4, -0.2) is 33.8 Å². The topological polar surface area (TPSA) is 79.9 Å². The van der Waals surface area contributed by atoms with E-state index in [4.69, 9.17) is 25.9 Å². The number of halogens is 1. The van der Waals surface area contributed by atoms with E-state index >= 15 is 0 Å². The molecule has 9 heteroatoms. The summed E-state index contributed by atoms with van der Waals surface area (Å²) >= 11 is 5.71. The third-order valence-electron chi connectivity index (χ3n) is 5.03. The number of aryl methyl sites for hydroxylation is 3. The maximum Gasteiger partial charge on any atom is 0.353 e. The Labute approximate surface area is 197 Å². The number of oxime groups is 1. The average Bonchev–Trinajstić information content (AvgIpc) is 3.07. The second-order valence-corrected chi connectivity index (χ2v) is 8.08. The smallest absolute Gasteiger partial charge is 0.353 e. The molecule has 2 aromatic carbocycles. The molecule has 0 fully saturated rings. The van der Waals surface area contributed by atoms with Crippen molar-refractivity contribution in [2.75, 3.05) is 13.7 Å². The molecule has 3 rings (SSSR count). The highest BCUT2D eigenvalue weighted by molar-refractivity contribution is 6.29. The fourth-order valence-corrected chi connectivity index (χ4v) is 3.42. The predicted molar refractivity (Wildman–Crippen MR) is 129 cm³/mol. The van der Waals surface area contributed by atoms with E-state index in [9.17, 15) is 4.79 Å². The Balaban J connectivity index is 1.85. The summed E-state index contributed by atoms with van der Waals surface area (Å²) in [7, 11) is 3.06. The van der Waals surface area contributed by atoms with Crippen LogP contribution in [0.2, 0.25) is 0 Å². The molecular formula is C24H27ClN4O4. The Morgan fingerprint density at radius 3 is 2.64 bits per heavy atom. The summed E-state index contributed by atoms with van der Waals surface area (Å²) in [5.41, 5.74) is 4.79. The molecule has 0 unspecified atom stereocenters. The van der Waals surface area contributed by atoms with E-state index in [1.807, 2.05) is 57.2 Å². The molecule has 0 spiro atoms. The second kappa shape index (κ2) is 10.4. The number of hydrogen-bond donors (Lipinski definition) is 0. The molecule has 0 aliphatic carbocycles. The first-order valence-corrected chi connectivity index (χ1v) is 10.6. The molecule has 0 aliphatic rings. The molecule has 33 heavy (non-hydrogen) atoms. The van der Waals surface area contributed by atoms with Crippen LogP contribution in [0.4, 0.5) is 0 Å². The van der Waals surface area contributed by atoms with Crippen LogP contribution in [0.1, 0.15) is 29.2 Å². The summed E-state index contributed by atoms with van der Waals surface area (Å²) < 4.78 is 14.1. The van der Waals surface area contributed by atoms with Gasteiger partial charge in [0, 0.05) is 18.2 Å². The van der Waals surface area contributed by atoms with Crippen molar-refractivity contribution in [2.24, 2.45) is 12.2 Å². The van der Waals surface area contributed by atoms with Crippen molar-refractivity contribution in [3.8, 4) is 17.4 Å². The minimum absolute atomic E-state index is 0.155. The fraction of sp³-hybridized carbons (Fsp3) is 0.292. The van der Waals surface area contributed by atoms with Gasteiger partial charge in [0.15, 0.2) is 6.61 Å². The molecule has 0 amide bonds. The van der Waals surface area contributed by atoms with Crippen molar-refractivity contribution < 1.29 is 14.3 Å². The van der Waals surface area contributed by atoms with Crippen LogP contribution in [0.15, 0.2) is 58.0 Å². The number of ether oxygens (including phenoxy) is 2. The summed E-state index contributed by atoms with van der Waals surface area (Å²) in [4.78, 5) is 17.8. The van der Waals surface area contributed by atoms with Crippen LogP contribution < -0.4 is 15.2 Å². The molecule has 0 aliphatic heterocycles. The summed E-state index contributed by atoms with van der Waals surface area (Å²) in [5.74, 6) is 0.736. The van der Waals surface area contributed by atoms with Gasteiger partial charge in [-0.2, -0.15) is 0 Å². The molecule has 0 atom stereocenters. The first-order valence-electron chi connectivity index (χ1n) is 10.3. The van der Waals surface area contributed by atoms with Gasteiger partial charge in [-0.3, -0.25) is 0 Å². The molecule has 0 saturated heterocycles. The van der Waals surface area contributed by atoms with Crippen molar-refractivity contribution in [1.82, 2.24) is 14.3 Å². The van der Waals surface area contributed by atoms with E-state index in [1.165, 1.54) is 16.4 Å². The van der Waals surface area contributed by atoms with Crippen LogP contribution in [0, 0.1) is 13.8 Å². The third-order valence-corrected chi connectivity index (χ3v) is 5.14. The zero-order valence-corrected chi connectivity index (χ0v) is 20.1. The summed E-state index contributed by atoms with van der Waals surface area (Å²) in [5, 5.41) is 8.61. The van der Waals surface area contributed by atoms with Crippen molar-refractivity contribution >= 4 is 17.3 Å². The molecule has 0 saturated carbocycles. The van der Waals surface area contributed by atoms with E-state index in [0.29, 0.717) is 10.7 Å². The van der Waals surface area contributed by atoms with Crippen LogP contribution in [0.3, 0.4) is 0 Å². The molecule has 174 valence electrons. The maximum absolute atomic E-state index is 12.6. The van der Waals surface area contributed by atoms with E-state index in [1.54, 1.807) is 7.05 Å². The first kappa shape index (κ1) is 24.1. The summed E-state index contributed by atoms with van der Waals surface area (Å²) in [6.07, 6.45) is 0. The molecular weight excluding hydrogens is 444 g/mol. The Hall–Kier alpha value is -3.52. The SMILES string of the molecule is C=C(Cl)CO/N=C(\C)c1cc(C)c(OCc2ccccc2-n2c(OC)nn(C)c2=O)cc1C. The van der Waals surface area contributed by atoms with Gasteiger partial charge in [-0.1, -0.05) is 41.5 Å². The zero-order valence-electron chi connectivity index (χ0n) is 19.4. The predicted octanol–water partition coefficient (Wildman–Crippen LogP) is 4.27. The van der Waals surface area contributed by atoms with Gasteiger partial charge in [0.1, 0.15) is 12.4 Å². The van der Waals surface area contributed by atoms with Crippen molar-refractivity contribution in [2.45, 2.75) is 27.4 Å². The van der Waals surface area contributed by atoms with Crippen LogP contribution in [0.5, 0.6) is 11.8 Å². The van der Waals surface area contributed by atoms with Gasteiger partial charge in [0.2, 0.25) is 0 Å². The van der Waals surface area contributed by atoms with Crippen LogP contribution in [-0.2, 0) is 18.5 Å². The lowest BCUT2D eigenvalue weighted by molar-refractivity contribution is 0.172. The van der Waals surface area contributed by atoms with Gasteiger partial charge in [-0.15, -0.1) is 5.10 Å². The Bertz CT molecular complexity index is 1260. The van der Waals surface area contributed by atoms with E-state index in [2.05, 4.69) is 16.8 Å². The summed E-state index contributed by atoms with van der Waals surface area (Å²) in [6.45, 7) is 9.81. The molecule has 8 nitrogen and oxygen atoms in total. The lowest BCUT2D eigenvalue weighted by atomic mass is 10.0. The zero-order chi connectivity index (χ0) is 24.1. The largest absolute Gasteiger partial charge is 0.489 e. The quantitative estimate of drug-likeness (QED) is 0.344. The third kappa shape index (κ3) is 5.46. The number of nitrogens with zero attached hydrogens (tertiary/aromatic N) is 4. The van der Waals surface area contributed by atoms with Crippen LogP contribution >= 0.6 is 11.6 Å². The second-order valence-electron chi connectivity index (χ2n) is 7.55. The number of methoxy groups -OCH3 is 1. The van der Waals surface area contributed by atoms with Crippen LogP contribution in [0.25, 0.3) is 5.69 Å². The number of aromatic nitrogens is 3. The van der Waals surface area contributed by atoms with Gasteiger partial charge < -0.3 is 14.3 Å². The van der Waals surface area contributed by atoms with Crippen molar-refractivity contribution in [3.63, 3.8) is 0 Å². The molecule has 3 aromatic rings. The fourth-order valence-electron chi connectivity index (χ4n) is 3.37. The minimum Gasteiger partial charge on any atom is -0.489 e. The highest BCUT2D eigenvalue weighted by Crippen LogP contribution is 2.26. The monoisotopic (exact) mass is 470 g/mol. The standard InChI is InChI=1S/C24H27ClN4O4/c1-15-12-22(16(2)11-20(15)18(4)27-33-13-17(3)25)32-14-19-9-7-8-10-21(19)29-23(31-6)26-28(5)24(29)30/h7-12H,3,13-14H2,1-2,4-6H3/b27-18+. The maximum atomic E-state index is 12.6. The van der Waals surface area contributed by atoms with E-state index in [-0.39, 0.29) is 24.9 Å². The highest BCUT2D eigenvalue weighted by atomic mass is 35.5. The van der Waals surface area contributed by atoms with Gasteiger partial charge in [-0.25, -0.2) is 14.0 Å². The molecule has 0 bridgehead atoms. The van der Waals surface area contributed by atoms with Gasteiger partial charge in [0.05, 0.1) is 23.5 Å². The van der Waals surface area contributed by atoms with Gasteiger partial charge >= 0.3 is 11.7 Å². The Morgan fingerprint density at radius 2 is 1.94 bits per heavy atom.